The molecule has 11 heteroatoms. The van der Waals surface area contributed by atoms with Crippen LogP contribution in [0.2, 0.25) is 0 Å². The molecular formula is C20H23KO9S. The molecular weight excluding hydrogens is 455 g/mol. The van der Waals surface area contributed by atoms with E-state index in [0.29, 0.717) is 17.7 Å². The quantitative estimate of drug-likeness (QED) is 0.185. The van der Waals surface area contributed by atoms with Crippen LogP contribution in [0.3, 0.4) is 0 Å². The van der Waals surface area contributed by atoms with Gasteiger partial charge in [0.25, 0.3) is 0 Å². The molecule has 2 N–H and O–H groups in total. The Hall–Kier alpha value is -1.34. The number of aromatic hydroxyl groups is 2. The average molecular weight is 479 g/mol. The minimum absolute atomic E-state index is 0. The first-order valence-electron chi connectivity index (χ1n) is 9.01. The topological polar surface area (TPSA) is 142 Å². The number of carbonyl (C=O) groups is 1. The second-order valence-corrected chi connectivity index (χ2v) is 7.94. The maximum absolute atomic E-state index is 12.6. The van der Waals surface area contributed by atoms with Gasteiger partial charge in [-0.25, -0.2) is 8.42 Å². The van der Waals surface area contributed by atoms with E-state index in [0.717, 1.165) is 0 Å². The molecule has 0 spiro atoms. The zero-order valence-corrected chi connectivity index (χ0v) is 21.5. The monoisotopic (exact) mass is 478 g/mol. The predicted octanol–water partition coefficient (Wildman–Crippen LogP) is -0.751. The number of ketones is 1. The molecule has 0 atom stereocenters. The van der Waals surface area contributed by atoms with Crippen molar-refractivity contribution in [2.45, 2.75) is 19.3 Å². The van der Waals surface area contributed by atoms with Crippen molar-refractivity contribution in [2.24, 2.45) is 0 Å². The molecule has 0 saturated carbocycles. The number of rotatable bonds is 11. The van der Waals surface area contributed by atoms with Crippen LogP contribution < -0.4 is 65.6 Å². The van der Waals surface area contributed by atoms with Crippen molar-refractivity contribution >= 4 is 15.9 Å². The first-order chi connectivity index (χ1) is 14.1. The normalized spacial score (nSPS) is 10.8. The van der Waals surface area contributed by atoms with Crippen LogP contribution in [0.1, 0.15) is 28.8 Å². The smallest absolute Gasteiger partial charge is 0.748 e. The molecule has 31 heavy (non-hydrogen) atoms. The van der Waals surface area contributed by atoms with Crippen molar-refractivity contribution in [3.63, 3.8) is 0 Å². The van der Waals surface area contributed by atoms with Gasteiger partial charge < -0.3 is 29.0 Å². The molecule has 2 aromatic carbocycles. The Morgan fingerprint density at radius 1 is 1.03 bits per heavy atom. The van der Waals surface area contributed by atoms with Crippen molar-refractivity contribution in [1.29, 1.82) is 0 Å². The fraction of sp³-hybridized carbons (Fsp3) is 0.350. The van der Waals surface area contributed by atoms with Crippen molar-refractivity contribution in [3.05, 3.63) is 41.5 Å². The van der Waals surface area contributed by atoms with Crippen LogP contribution in [0, 0.1) is 0 Å². The largest absolute Gasteiger partial charge is 1.00 e. The Labute approximate surface area is 223 Å². The molecule has 0 aliphatic heterocycles. The molecule has 0 bridgehead atoms. The van der Waals surface area contributed by atoms with Gasteiger partial charge in [-0.15, -0.1) is 0 Å². The number of hydrogen-bond donors (Lipinski definition) is 2. The Bertz CT molecular complexity index is 1010. The summed E-state index contributed by atoms with van der Waals surface area (Å²) in [6.07, 6.45) is 0.364. The van der Waals surface area contributed by atoms with Gasteiger partial charge in [-0.2, -0.15) is 0 Å². The van der Waals surface area contributed by atoms with Gasteiger partial charge in [-0.3, -0.25) is 4.79 Å². The summed E-state index contributed by atoms with van der Waals surface area (Å²) < 4.78 is 47.3. The first-order valence-corrected chi connectivity index (χ1v) is 10.6. The minimum Gasteiger partial charge on any atom is -0.748 e. The zero-order chi connectivity index (χ0) is 22.3. The van der Waals surface area contributed by atoms with Gasteiger partial charge in [0.15, 0.2) is 17.3 Å². The molecule has 0 radical (unpaired) electrons. The number of ether oxygens (including phenoxy) is 3. The van der Waals surface area contributed by atoms with Gasteiger partial charge in [0.05, 0.1) is 30.9 Å². The molecule has 9 nitrogen and oxygen atoms in total. The number of Topliss-reactive ketones (excluding diaryl/α,β-unsaturated/α-hetero) is 1. The summed E-state index contributed by atoms with van der Waals surface area (Å²) in [4.78, 5) is 12.6. The summed E-state index contributed by atoms with van der Waals surface area (Å²) >= 11 is 0. The molecule has 0 unspecified atom stereocenters. The minimum atomic E-state index is -4.32. The molecule has 2 rings (SSSR count). The molecule has 0 fully saturated rings. The Morgan fingerprint density at radius 3 is 2.29 bits per heavy atom. The number of phenolic OH excluding ortho intramolecular Hbond substituents is 2. The van der Waals surface area contributed by atoms with E-state index < -0.39 is 15.9 Å². The maximum atomic E-state index is 12.6. The standard InChI is InChI=1S/C20H24O9S.K/c1-27-18-7-5-13(10-16(18)22)4-6-15(21)20-17(23)11-14(12-19(20)28-2)29-8-3-9-30(24,25)26;/h5,7,10-12,22-23H,3-4,6,8-9H2,1-2H3,(H,24,25,26);/q;+1/p-1. The first kappa shape index (κ1) is 27.7. The van der Waals surface area contributed by atoms with Crippen LogP contribution in [0.15, 0.2) is 30.3 Å². The fourth-order valence-electron chi connectivity index (χ4n) is 2.80. The van der Waals surface area contributed by atoms with Gasteiger partial charge in [-0.1, -0.05) is 6.07 Å². The van der Waals surface area contributed by atoms with Gasteiger partial charge in [0, 0.05) is 24.3 Å². The third-order valence-corrected chi connectivity index (χ3v) is 5.03. The van der Waals surface area contributed by atoms with Crippen molar-refractivity contribution in [1.82, 2.24) is 0 Å². The summed E-state index contributed by atoms with van der Waals surface area (Å²) in [6, 6.07) is 7.44. The van der Waals surface area contributed by atoms with Crippen LogP contribution >= 0.6 is 0 Å². The molecule has 0 aliphatic carbocycles. The van der Waals surface area contributed by atoms with E-state index in [9.17, 15) is 28.0 Å². The molecule has 2 aromatic rings. The zero-order valence-electron chi connectivity index (χ0n) is 17.6. The Balaban J connectivity index is 0.00000480. The third kappa shape index (κ3) is 8.60. The molecule has 0 aliphatic rings. The van der Waals surface area contributed by atoms with E-state index in [-0.39, 0.29) is 105 Å². The van der Waals surface area contributed by atoms with E-state index in [4.69, 9.17) is 14.2 Å². The van der Waals surface area contributed by atoms with Gasteiger partial charge in [0.2, 0.25) is 0 Å². The van der Waals surface area contributed by atoms with Crippen molar-refractivity contribution in [3.8, 4) is 28.7 Å². The molecule has 0 heterocycles. The van der Waals surface area contributed by atoms with E-state index >= 15 is 0 Å². The number of hydrogen-bond acceptors (Lipinski definition) is 9. The molecule has 0 amide bonds. The number of carbonyl (C=O) groups excluding carboxylic acids is 1. The van der Waals surface area contributed by atoms with E-state index in [1.54, 1.807) is 12.1 Å². The van der Waals surface area contributed by atoms with Crippen LogP contribution in [-0.2, 0) is 16.5 Å². The Morgan fingerprint density at radius 2 is 1.71 bits per heavy atom. The number of aryl methyl sites for hydroxylation is 1. The summed E-state index contributed by atoms with van der Waals surface area (Å²) in [5.74, 6) is -0.713. The van der Waals surface area contributed by atoms with Crippen LogP contribution in [0.5, 0.6) is 28.7 Å². The number of phenols is 2. The summed E-state index contributed by atoms with van der Waals surface area (Å²) in [6.45, 7) is -0.0572. The Kier molecular flexibility index (Phi) is 11.3. The van der Waals surface area contributed by atoms with Crippen LogP contribution in [-0.4, -0.2) is 55.5 Å². The van der Waals surface area contributed by atoms with Gasteiger partial charge >= 0.3 is 51.4 Å². The number of methoxy groups -OCH3 is 2. The fourth-order valence-corrected chi connectivity index (χ4v) is 3.27. The molecule has 164 valence electrons. The second kappa shape index (κ2) is 12.6. The van der Waals surface area contributed by atoms with E-state index in [2.05, 4.69) is 0 Å². The predicted molar refractivity (Wildman–Crippen MR) is 107 cm³/mol. The summed E-state index contributed by atoms with van der Waals surface area (Å²) in [5.41, 5.74) is 0.707. The van der Waals surface area contributed by atoms with E-state index in [1.165, 1.54) is 32.4 Å². The average Bonchev–Trinajstić information content (AvgIpc) is 2.68. The summed E-state index contributed by atoms with van der Waals surface area (Å²) in [5, 5.41) is 20.1. The number of benzene rings is 2. The third-order valence-electron chi connectivity index (χ3n) is 4.25. The maximum Gasteiger partial charge on any atom is 1.00 e. The van der Waals surface area contributed by atoms with Crippen molar-refractivity contribution < 1.29 is 93.6 Å². The second-order valence-electron chi connectivity index (χ2n) is 6.41. The van der Waals surface area contributed by atoms with Crippen LogP contribution in [0.4, 0.5) is 0 Å². The van der Waals surface area contributed by atoms with Crippen LogP contribution in [0.25, 0.3) is 0 Å². The van der Waals surface area contributed by atoms with Crippen molar-refractivity contribution in [2.75, 3.05) is 26.6 Å². The summed E-state index contributed by atoms with van der Waals surface area (Å²) in [7, 11) is -1.55. The molecule has 0 saturated heterocycles. The molecule has 0 aromatic heterocycles. The van der Waals surface area contributed by atoms with Gasteiger partial charge in [-0.05, 0) is 30.5 Å². The SMILES string of the molecule is COc1ccc(CCC(=O)c2c(O)cc(OCCCS(=O)(=O)[O-])cc2OC)cc1O.[K+]. The van der Waals surface area contributed by atoms with Gasteiger partial charge in [0.1, 0.15) is 22.8 Å². The van der Waals surface area contributed by atoms with E-state index in [1.807, 2.05) is 0 Å².